The number of hydrogen-bond donors (Lipinski definition) is 1. The molecule has 2 N–H and O–H groups in total. The highest BCUT2D eigenvalue weighted by Gasteiger charge is 2.17. The Morgan fingerprint density at radius 1 is 1.23 bits per heavy atom. The molecule has 0 unspecified atom stereocenters. The summed E-state index contributed by atoms with van der Waals surface area (Å²) in [6.45, 7) is 2.50. The second-order valence-corrected chi connectivity index (χ2v) is 4.73. The van der Waals surface area contributed by atoms with E-state index in [2.05, 4.69) is 15.1 Å². The lowest BCUT2D eigenvalue weighted by molar-refractivity contribution is 0.311. The minimum absolute atomic E-state index is 0.404. The molecule has 0 saturated heterocycles. The first-order chi connectivity index (χ1) is 10.7. The largest absolute Gasteiger partial charge is 0.493 e. The molecule has 0 aliphatic heterocycles. The molecule has 0 saturated carbocycles. The monoisotopic (exact) mass is 299 g/mol. The average Bonchev–Trinajstić information content (AvgIpc) is 2.87. The van der Waals surface area contributed by atoms with E-state index in [9.17, 15) is 0 Å². The topological polar surface area (TPSA) is 88.1 Å². The van der Waals surface area contributed by atoms with Crippen molar-refractivity contribution in [1.82, 2.24) is 19.7 Å². The fourth-order valence-electron chi connectivity index (χ4n) is 2.40. The zero-order chi connectivity index (χ0) is 15.7. The molecule has 0 aliphatic rings. The maximum atomic E-state index is 6.00. The van der Waals surface area contributed by atoms with Crippen LogP contribution in [0.3, 0.4) is 0 Å². The van der Waals surface area contributed by atoms with Crippen LogP contribution >= 0.6 is 0 Å². The Labute approximate surface area is 127 Å². The van der Waals surface area contributed by atoms with Crippen LogP contribution in [0.4, 0.5) is 5.82 Å². The number of fused-ring (bicyclic) bond motifs is 1. The molecule has 7 heteroatoms. The molecule has 0 bridgehead atoms. The summed E-state index contributed by atoms with van der Waals surface area (Å²) in [5.41, 5.74) is 8.27. The maximum Gasteiger partial charge on any atom is 0.163 e. The molecule has 114 valence electrons. The summed E-state index contributed by atoms with van der Waals surface area (Å²) in [5, 5.41) is 5.24. The number of hydrogen-bond acceptors (Lipinski definition) is 6. The molecule has 0 fully saturated rings. The second-order valence-electron chi connectivity index (χ2n) is 4.73. The Morgan fingerprint density at radius 2 is 2.05 bits per heavy atom. The number of nitrogen functional groups attached to an aromatic ring is 1. The van der Waals surface area contributed by atoms with Crippen LogP contribution in [-0.2, 0) is 7.05 Å². The van der Waals surface area contributed by atoms with Gasteiger partial charge in [0, 0.05) is 12.6 Å². The molecule has 3 rings (SSSR count). The van der Waals surface area contributed by atoms with E-state index in [1.54, 1.807) is 11.8 Å². The van der Waals surface area contributed by atoms with Crippen molar-refractivity contribution in [2.24, 2.45) is 7.05 Å². The summed E-state index contributed by atoms with van der Waals surface area (Å²) in [7, 11) is 3.43. The van der Waals surface area contributed by atoms with Crippen molar-refractivity contribution in [2.45, 2.75) is 6.92 Å². The molecule has 7 nitrogen and oxygen atoms in total. The lowest BCUT2D eigenvalue weighted by Crippen LogP contribution is -1.96. The van der Waals surface area contributed by atoms with Crippen LogP contribution in [0.2, 0.25) is 0 Å². The zero-order valence-electron chi connectivity index (χ0n) is 12.7. The number of anilines is 1. The predicted molar refractivity (Wildman–Crippen MR) is 83.9 cm³/mol. The third-order valence-electron chi connectivity index (χ3n) is 3.39. The van der Waals surface area contributed by atoms with Crippen molar-refractivity contribution in [3.05, 3.63) is 24.5 Å². The number of ether oxygens (including phenoxy) is 2. The van der Waals surface area contributed by atoms with Gasteiger partial charge in [0.25, 0.3) is 0 Å². The number of aryl methyl sites for hydroxylation is 1. The Kier molecular flexibility index (Phi) is 3.54. The van der Waals surface area contributed by atoms with Crippen molar-refractivity contribution >= 4 is 16.9 Å². The third-order valence-corrected chi connectivity index (χ3v) is 3.39. The molecular formula is C15H17N5O2. The molecule has 0 atom stereocenters. The summed E-state index contributed by atoms with van der Waals surface area (Å²) in [6, 6.07) is 5.65. The van der Waals surface area contributed by atoms with Crippen LogP contribution in [0, 0.1) is 0 Å². The van der Waals surface area contributed by atoms with E-state index in [1.165, 1.54) is 6.33 Å². The zero-order valence-corrected chi connectivity index (χ0v) is 12.7. The van der Waals surface area contributed by atoms with Crippen molar-refractivity contribution in [3.63, 3.8) is 0 Å². The van der Waals surface area contributed by atoms with Crippen LogP contribution in [0.25, 0.3) is 22.3 Å². The SMILES string of the molecule is CCOc1ccc(-c2nn(C)c3ncnc(N)c23)cc1OC. The Balaban J connectivity index is 2.20. The first-order valence-electron chi connectivity index (χ1n) is 6.90. The molecule has 0 spiro atoms. The molecule has 0 aliphatic carbocycles. The number of aromatic nitrogens is 4. The molecular weight excluding hydrogens is 282 g/mol. The average molecular weight is 299 g/mol. The van der Waals surface area contributed by atoms with Crippen molar-refractivity contribution in [3.8, 4) is 22.8 Å². The van der Waals surface area contributed by atoms with Gasteiger partial charge < -0.3 is 15.2 Å². The smallest absolute Gasteiger partial charge is 0.163 e. The molecule has 22 heavy (non-hydrogen) atoms. The Hall–Kier alpha value is -2.83. The van der Waals surface area contributed by atoms with Crippen LogP contribution in [0.1, 0.15) is 6.92 Å². The van der Waals surface area contributed by atoms with Gasteiger partial charge in [-0.1, -0.05) is 0 Å². The number of nitrogens with two attached hydrogens (primary N) is 1. The fraction of sp³-hybridized carbons (Fsp3) is 0.267. The van der Waals surface area contributed by atoms with Gasteiger partial charge in [-0.3, -0.25) is 0 Å². The molecule has 0 radical (unpaired) electrons. The quantitative estimate of drug-likeness (QED) is 0.793. The van der Waals surface area contributed by atoms with Crippen LogP contribution < -0.4 is 15.2 Å². The van der Waals surface area contributed by atoms with E-state index >= 15 is 0 Å². The van der Waals surface area contributed by atoms with Gasteiger partial charge in [-0.25, -0.2) is 14.6 Å². The van der Waals surface area contributed by atoms with Crippen molar-refractivity contribution in [2.75, 3.05) is 19.5 Å². The lowest BCUT2D eigenvalue weighted by Gasteiger charge is -2.10. The van der Waals surface area contributed by atoms with Gasteiger partial charge in [-0.2, -0.15) is 5.10 Å². The summed E-state index contributed by atoms with van der Waals surface area (Å²) in [4.78, 5) is 8.28. The first kappa shape index (κ1) is 14.1. The van der Waals surface area contributed by atoms with E-state index in [0.29, 0.717) is 29.6 Å². The van der Waals surface area contributed by atoms with Crippen LogP contribution in [0.15, 0.2) is 24.5 Å². The van der Waals surface area contributed by atoms with Gasteiger partial charge in [0.2, 0.25) is 0 Å². The number of methoxy groups -OCH3 is 1. The lowest BCUT2D eigenvalue weighted by atomic mass is 10.1. The van der Waals surface area contributed by atoms with Crippen LogP contribution in [-0.4, -0.2) is 33.5 Å². The summed E-state index contributed by atoms with van der Waals surface area (Å²) < 4.78 is 12.6. The molecule has 1 aromatic carbocycles. The molecule has 2 aromatic heterocycles. The van der Waals surface area contributed by atoms with E-state index in [4.69, 9.17) is 15.2 Å². The fourth-order valence-corrected chi connectivity index (χ4v) is 2.40. The molecule has 3 aromatic rings. The van der Waals surface area contributed by atoms with E-state index in [-0.39, 0.29) is 0 Å². The highest BCUT2D eigenvalue weighted by molar-refractivity contribution is 5.98. The second kappa shape index (κ2) is 5.51. The molecule has 2 heterocycles. The summed E-state index contributed by atoms with van der Waals surface area (Å²) in [5.74, 6) is 1.74. The molecule has 0 amide bonds. The van der Waals surface area contributed by atoms with E-state index < -0.39 is 0 Å². The minimum Gasteiger partial charge on any atom is -0.493 e. The summed E-state index contributed by atoms with van der Waals surface area (Å²) in [6.07, 6.45) is 1.43. The van der Waals surface area contributed by atoms with Gasteiger partial charge in [0.05, 0.1) is 19.1 Å². The van der Waals surface area contributed by atoms with Gasteiger partial charge in [-0.05, 0) is 25.1 Å². The van der Waals surface area contributed by atoms with Crippen molar-refractivity contribution in [1.29, 1.82) is 0 Å². The van der Waals surface area contributed by atoms with E-state index in [0.717, 1.165) is 16.6 Å². The first-order valence-corrected chi connectivity index (χ1v) is 6.90. The van der Waals surface area contributed by atoms with Gasteiger partial charge in [-0.15, -0.1) is 0 Å². The standard InChI is InChI=1S/C15H17N5O2/c1-4-22-10-6-5-9(7-11(10)21-3)13-12-14(16)17-8-18-15(12)20(2)19-13/h5-8H,4H2,1-3H3,(H2,16,17,18). The Morgan fingerprint density at radius 3 is 2.77 bits per heavy atom. The predicted octanol–water partition coefficient (Wildman–Crippen LogP) is 2.02. The minimum atomic E-state index is 0.404. The highest BCUT2D eigenvalue weighted by atomic mass is 16.5. The number of nitrogens with zero attached hydrogens (tertiary/aromatic N) is 4. The van der Waals surface area contributed by atoms with Crippen LogP contribution in [0.5, 0.6) is 11.5 Å². The maximum absolute atomic E-state index is 6.00. The Bertz CT molecular complexity index is 828. The van der Waals surface area contributed by atoms with E-state index in [1.807, 2.05) is 32.2 Å². The number of rotatable bonds is 4. The van der Waals surface area contributed by atoms with Gasteiger partial charge in [0.15, 0.2) is 17.1 Å². The number of benzene rings is 1. The van der Waals surface area contributed by atoms with Gasteiger partial charge >= 0.3 is 0 Å². The normalized spacial score (nSPS) is 10.9. The van der Waals surface area contributed by atoms with Crippen molar-refractivity contribution < 1.29 is 9.47 Å². The highest BCUT2D eigenvalue weighted by Crippen LogP contribution is 2.35. The van der Waals surface area contributed by atoms with Gasteiger partial charge in [0.1, 0.15) is 17.8 Å². The summed E-state index contributed by atoms with van der Waals surface area (Å²) >= 11 is 0. The third kappa shape index (κ3) is 2.20.